The molecule has 0 saturated carbocycles. The maximum atomic E-state index is 11.1. The Morgan fingerprint density at radius 1 is 0.917 bits per heavy atom. The fourth-order valence-electron chi connectivity index (χ4n) is 2.91. The van der Waals surface area contributed by atoms with Gasteiger partial charge in [0.15, 0.2) is 0 Å². The molecule has 128 valence electrons. The average molecular weight is 324 g/mol. The average Bonchev–Trinajstić information content (AvgIpc) is 2.53. The summed E-state index contributed by atoms with van der Waals surface area (Å²) in [5.41, 5.74) is 4.24. The van der Waals surface area contributed by atoms with Gasteiger partial charge < -0.3 is 4.74 Å². The topological polar surface area (TPSA) is 26.3 Å². The number of aldehydes is 1. The Morgan fingerprint density at radius 3 is 2.29 bits per heavy atom. The van der Waals surface area contributed by atoms with Crippen LogP contribution in [0.3, 0.4) is 0 Å². The summed E-state index contributed by atoms with van der Waals surface area (Å²) in [4.78, 5) is 11.1. The molecule has 2 aromatic rings. The minimum Gasteiger partial charge on any atom is -0.489 e. The Bertz CT molecular complexity index is 671. The van der Waals surface area contributed by atoms with Crippen LogP contribution in [0.15, 0.2) is 42.5 Å². The van der Waals surface area contributed by atoms with Gasteiger partial charge in [0.2, 0.25) is 0 Å². The van der Waals surface area contributed by atoms with Crippen LogP contribution < -0.4 is 4.74 Å². The molecule has 2 rings (SSSR count). The smallest absolute Gasteiger partial charge is 0.150 e. The Labute approximate surface area is 145 Å². The minimum atomic E-state index is 0.420. The van der Waals surface area contributed by atoms with E-state index in [4.69, 9.17) is 4.74 Å². The van der Waals surface area contributed by atoms with Gasteiger partial charge >= 0.3 is 0 Å². The molecule has 0 saturated heterocycles. The third-order valence-corrected chi connectivity index (χ3v) is 3.96. The van der Waals surface area contributed by atoms with Crippen LogP contribution in [-0.2, 0) is 19.4 Å². The fourth-order valence-corrected chi connectivity index (χ4v) is 2.91. The van der Waals surface area contributed by atoms with E-state index in [1.54, 1.807) is 0 Å². The van der Waals surface area contributed by atoms with Crippen molar-refractivity contribution in [1.82, 2.24) is 0 Å². The lowest BCUT2D eigenvalue weighted by atomic mass is 9.96. The van der Waals surface area contributed by atoms with E-state index in [2.05, 4.69) is 45.9 Å². The van der Waals surface area contributed by atoms with Gasteiger partial charge in [-0.25, -0.2) is 0 Å². The molecule has 24 heavy (non-hydrogen) atoms. The maximum absolute atomic E-state index is 11.1. The summed E-state index contributed by atoms with van der Waals surface area (Å²) in [5.74, 6) is 2.14. The fraction of sp³-hybridized carbons (Fsp3) is 0.409. The van der Waals surface area contributed by atoms with Gasteiger partial charge in [-0.15, -0.1) is 0 Å². The maximum Gasteiger partial charge on any atom is 0.150 e. The van der Waals surface area contributed by atoms with Crippen LogP contribution in [0, 0.1) is 11.8 Å². The van der Waals surface area contributed by atoms with E-state index in [9.17, 15) is 4.79 Å². The molecule has 0 amide bonds. The van der Waals surface area contributed by atoms with Crippen LogP contribution in [0.1, 0.15) is 54.7 Å². The Balaban J connectivity index is 2.20. The van der Waals surface area contributed by atoms with Gasteiger partial charge in [0.25, 0.3) is 0 Å². The van der Waals surface area contributed by atoms with Gasteiger partial charge in [0.05, 0.1) is 0 Å². The van der Waals surface area contributed by atoms with Crippen LogP contribution in [0.25, 0.3) is 0 Å². The molecule has 0 radical (unpaired) electrons. The first-order valence-corrected chi connectivity index (χ1v) is 8.77. The second-order valence-corrected chi connectivity index (χ2v) is 7.24. The van der Waals surface area contributed by atoms with Gasteiger partial charge in [-0.1, -0.05) is 64.1 Å². The van der Waals surface area contributed by atoms with Crippen molar-refractivity contribution in [3.63, 3.8) is 0 Å². The van der Waals surface area contributed by atoms with E-state index in [1.807, 2.05) is 24.3 Å². The summed E-state index contributed by atoms with van der Waals surface area (Å²) in [6.45, 7) is 9.34. The van der Waals surface area contributed by atoms with Crippen LogP contribution in [0.2, 0.25) is 0 Å². The molecule has 0 N–H and O–H groups in total. The molecule has 0 aliphatic heterocycles. The Kier molecular flexibility index (Phi) is 6.60. The highest BCUT2D eigenvalue weighted by atomic mass is 16.5. The molecule has 0 unspecified atom stereocenters. The molecular weight excluding hydrogens is 296 g/mol. The second kappa shape index (κ2) is 8.68. The monoisotopic (exact) mass is 324 g/mol. The summed E-state index contributed by atoms with van der Waals surface area (Å²) in [6.07, 6.45) is 2.97. The number of hydrogen-bond donors (Lipinski definition) is 0. The van der Waals surface area contributed by atoms with Crippen molar-refractivity contribution in [2.75, 3.05) is 0 Å². The largest absolute Gasteiger partial charge is 0.489 e. The number of hydrogen-bond acceptors (Lipinski definition) is 2. The van der Waals surface area contributed by atoms with Gasteiger partial charge in [0, 0.05) is 5.56 Å². The predicted molar refractivity (Wildman–Crippen MR) is 99.7 cm³/mol. The zero-order valence-corrected chi connectivity index (χ0v) is 15.2. The molecular formula is C22H28O2. The molecule has 0 fully saturated rings. The molecule has 0 atom stereocenters. The van der Waals surface area contributed by atoms with Gasteiger partial charge in [-0.3, -0.25) is 4.79 Å². The SMILES string of the molecule is CC(C)Cc1ccc(OCc2ccccc2C=O)c(CC(C)C)c1. The van der Waals surface area contributed by atoms with Gasteiger partial charge in [-0.05, 0) is 47.4 Å². The first kappa shape index (κ1) is 18.3. The van der Waals surface area contributed by atoms with Gasteiger partial charge in [0.1, 0.15) is 18.6 Å². The van der Waals surface area contributed by atoms with E-state index in [0.717, 1.165) is 30.4 Å². The molecule has 2 nitrogen and oxygen atoms in total. The second-order valence-electron chi connectivity index (χ2n) is 7.24. The molecule has 0 aliphatic carbocycles. The molecule has 2 aromatic carbocycles. The molecule has 0 aliphatic rings. The normalized spacial score (nSPS) is 11.1. The van der Waals surface area contributed by atoms with Gasteiger partial charge in [-0.2, -0.15) is 0 Å². The summed E-state index contributed by atoms with van der Waals surface area (Å²) in [6, 6.07) is 14.1. The zero-order chi connectivity index (χ0) is 17.5. The van der Waals surface area contributed by atoms with E-state index in [-0.39, 0.29) is 0 Å². The highest BCUT2D eigenvalue weighted by Gasteiger charge is 2.10. The summed E-state index contributed by atoms with van der Waals surface area (Å²) in [5, 5.41) is 0. The number of benzene rings is 2. The Hall–Kier alpha value is -2.09. The number of carbonyl (C=O) groups is 1. The van der Waals surface area contributed by atoms with Crippen molar-refractivity contribution in [1.29, 1.82) is 0 Å². The summed E-state index contributed by atoms with van der Waals surface area (Å²) in [7, 11) is 0. The minimum absolute atomic E-state index is 0.420. The predicted octanol–water partition coefficient (Wildman–Crippen LogP) is 5.48. The van der Waals surface area contributed by atoms with Crippen molar-refractivity contribution in [2.24, 2.45) is 11.8 Å². The van der Waals surface area contributed by atoms with Crippen molar-refractivity contribution in [3.8, 4) is 5.75 Å². The summed E-state index contributed by atoms with van der Waals surface area (Å²) < 4.78 is 6.07. The summed E-state index contributed by atoms with van der Waals surface area (Å²) >= 11 is 0. The lowest BCUT2D eigenvalue weighted by molar-refractivity contribution is 0.112. The highest BCUT2D eigenvalue weighted by molar-refractivity contribution is 5.77. The number of carbonyl (C=O) groups excluding carboxylic acids is 1. The zero-order valence-electron chi connectivity index (χ0n) is 15.2. The van der Waals surface area contributed by atoms with Crippen LogP contribution >= 0.6 is 0 Å². The molecule has 0 bridgehead atoms. The standard InChI is InChI=1S/C22H28O2/c1-16(2)11-18-9-10-22(21(13-18)12-17(3)4)24-15-20-8-6-5-7-19(20)14-23/h5-10,13-14,16-17H,11-12,15H2,1-4H3. The lowest BCUT2D eigenvalue weighted by Crippen LogP contribution is -2.05. The van der Waals surface area contributed by atoms with E-state index >= 15 is 0 Å². The highest BCUT2D eigenvalue weighted by Crippen LogP contribution is 2.26. The molecule has 0 aromatic heterocycles. The van der Waals surface area contributed by atoms with E-state index in [1.165, 1.54) is 11.1 Å². The van der Waals surface area contributed by atoms with Crippen LogP contribution in [-0.4, -0.2) is 6.29 Å². The number of rotatable bonds is 8. The third kappa shape index (κ3) is 5.23. The van der Waals surface area contributed by atoms with E-state index in [0.29, 0.717) is 24.0 Å². The lowest BCUT2D eigenvalue weighted by Gasteiger charge is -2.16. The van der Waals surface area contributed by atoms with Crippen molar-refractivity contribution < 1.29 is 9.53 Å². The first-order chi connectivity index (χ1) is 11.5. The quantitative estimate of drug-likeness (QED) is 0.601. The van der Waals surface area contributed by atoms with Crippen molar-refractivity contribution in [3.05, 3.63) is 64.7 Å². The molecule has 2 heteroatoms. The van der Waals surface area contributed by atoms with Crippen molar-refractivity contribution >= 4 is 6.29 Å². The molecule has 0 heterocycles. The third-order valence-electron chi connectivity index (χ3n) is 3.96. The van der Waals surface area contributed by atoms with Crippen LogP contribution in [0.5, 0.6) is 5.75 Å². The number of ether oxygens (including phenoxy) is 1. The molecule has 0 spiro atoms. The van der Waals surface area contributed by atoms with E-state index < -0.39 is 0 Å². The van der Waals surface area contributed by atoms with Crippen LogP contribution in [0.4, 0.5) is 0 Å². The first-order valence-electron chi connectivity index (χ1n) is 8.77. The Morgan fingerprint density at radius 2 is 1.62 bits per heavy atom. The van der Waals surface area contributed by atoms with Crippen molar-refractivity contribution in [2.45, 2.75) is 47.1 Å².